The summed E-state index contributed by atoms with van der Waals surface area (Å²) in [6.45, 7) is 0. The molecule has 59 heavy (non-hydrogen) atoms. The van der Waals surface area contributed by atoms with Gasteiger partial charge in [-0.2, -0.15) is 0 Å². The fourth-order valence-corrected chi connectivity index (χ4v) is 9.17. The van der Waals surface area contributed by atoms with Gasteiger partial charge in [0, 0.05) is 17.1 Å². The maximum atomic E-state index is 2.45. The minimum Gasteiger partial charge on any atom is -0.311 e. The predicted octanol–water partition coefficient (Wildman–Crippen LogP) is 16.4. The average Bonchev–Trinajstić information content (AvgIpc) is 3.32. The first-order valence-corrected chi connectivity index (χ1v) is 20.3. The van der Waals surface area contributed by atoms with Gasteiger partial charge >= 0.3 is 0 Å². The zero-order valence-corrected chi connectivity index (χ0v) is 32.5. The number of benzene rings is 11. The molecular formula is C58H39N. The number of fused-ring (bicyclic) bond motifs is 7. The van der Waals surface area contributed by atoms with Crippen LogP contribution in [0.1, 0.15) is 0 Å². The SMILES string of the molecule is c1ccc(-c2cc(-c3ccc(N(c4ccccc4)c4ccccc4)cc3)c3c4ccccc4c4cc(-c5cccc6ccccc56)ccc4c3c2-c2ccccc2)cc1. The molecule has 0 fully saturated rings. The van der Waals surface area contributed by atoms with Crippen molar-refractivity contribution in [2.45, 2.75) is 0 Å². The van der Waals surface area contributed by atoms with Gasteiger partial charge in [-0.1, -0.05) is 188 Å². The third kappa shape index (κ3) is 6.04. The molecule has 0 atom stereocenters. The van der Waals surface area contributed by atoms with E-state index < -0.39 is 0 Å². The number of hydrogen-bond acceptors (Lipinski definition) is 1. The van der Waals surface area contributed by atoms with Gasteiger partial charge in [-0.3, -0.25) is 0 Å². The Kier molecular flexibility index (Phi) is 8.56. The molecule has 0 aromatic heterocycles. The van der Waals surface area contributed by atoms with Crippen molar-refractivity contribution in [2.75, 3.05) is 4.90 Å². The molecule has 0 heterocycles. The Morgan fingerprint density at radius 1 is 0.237 bits per heavy atom. The first-order chi connectivity index (χ1) is 29.3. The highest BCUT2D eigenvalue weighted by molar-refractivity contribution is 6.33. The third-order valence-electron chi connectivity index (χ3n) is 11.8. The topological polar surface area (TPSA) is 3.24 Å². The number of anilines is 3. The van der Waals surface area contributed by atoms with E-state index in [2.05, 4.69) is 241 Å². The van der Waals surface area contributed by atoms with Crippen LogP contribution in [0.3, 0.4) is 0 Å². The average molecular weight is 750 g/mol. The van der Waals surface area contributed by atoms with E-state index in [0.717, 1.165) is 17.1 Å². The third-order valence-corrected chi connectivity index (χ3v) is 11.8. The van der Waals surface area contributed by atoms with Crippen LogP contribution >= 0.6 is 0 Å². The zero-order chi connectivity index (χ0) is 39.1. The fraction of sp³-hybridized carbons (Fsp3) is 0. The summed E-state index contributed by atoms with van der Waals surface area (Å²) in [5, 5.41) is 10.0. The van der Waals surface area contributed by atoms with E-state index in [9.17, 15) is 0 Å². The Labute approximate surface area is 344 Å². The normalized spacial score (nSPS) is 11.4. The number of nitrogens with zero attached hydrogens (tertiary/aromatic N) is 1. The highest BCUT2D eigenvalue weighted by Crippen LogP contribution is 2.50. The highest BCUT2D eigenvalue weighted by atomic mass is 15.1. The lowest BCUT2D eigenvalue weighted by atomic mass is 9.81. The van der Waals surface area contributed by atoms with Gasteiger partial charge in [-0.05, 0) is 136 Å². The lowest BCUT2D eigenvalue weighted by molar-refractivity contribution is 1.28. The fourth-order valence-electron chi connectivity index (χ4n) is 9.17. The number of hydrogen-bond donors (Lipinski definition) is 0. The summed E-state index contributed by atoms with van der Waals surface area (Å²) in [6.07, 6.45) is 0. The Morgan fingerprint density at radius 2 is 0.729 bits per heavy atom. The predicted molar refractivity (Wildman–Crippen MR) is 253 cm³/mol. The second-order valence-corrected chi connectivity index (χ2v) is 15.2. The first kappa shape index (κ1) is 34.5. The lowest BCUT2D eigenvalue weighted by Crippen LogP contribution is -2.09. The molecule has 0 saturated carbocycles. The van der Waals surface area contributed by atoms with Crippen molar-refractivity contribution in [3.63, 3.8) is 0 Å². The van der Waals surface area contributed by atoms with Gasteiger partial charge in [-0.25, -0.2) is 0 Å². The van der Waals surface area contributed by atoms with Gasteiger partial charge in [-0.15, -0.1) is 0 Å². The maximum Gasteiger partial charge on any atom is 0.0462 e. The molecule has 0 bridgehead atoms. The van der Waals surface area contributed by atoms with Crippen molar-refractivity contribution in [1.29, 1.82) is 0 Å². The summed E-state index contributed by atoms with van der Waals surface area (Å²) in [4.78, 5) is 2.33. The van der Waals surface area contributed by atoms with Gasteiger partial charge in [0.1, 0.15) is 0 Å². The zero-order valence-electron chi connectivity index (χ0n) is 32.5. The summed E-state index contributed by atoms with van der Waals surface area (Å²) in [5.41, 5.74) is 13.1. The molecular weight excluding hydrogens is 711 g/mol. The Balaban J connectivity index is 1.23. The summed E-state index contributed by atoms with van der Waals surface area (Å²) < 4.78 is 0. The van der Waals surface area contributed by atoms with E-state index in [-0.39, 0.29) is 0 Å². The van der Waals surface area contributed by atoms with Crippen LogP contribution in [0.5, 0.6) is 0 Å². The van der Waals surface area contributed by atoms with Crippen LogP contribution in [0, 0.1) is 0 Å². The molecule has 276 valence electrons. The molecule has 0 amide bonds. The molecule has 0 N–H and O–H groups in total. The molecule has 0 radical (unpaired) electrons. The molecule has 11 rings (SSSR count). The van der Waals surface area contributed by atoms with E-state index in [1.165, 1.54) is 87.6 Å². The van der Waals surface area contributed by atoms with Crippen molar-refractivity contribution < 1.29 is 0 Å². The van der Waals surface area contributed by atoms with E-state index >= 15 is 0 Å². The standard InChI is InChI=1S/C58H39N/c1-5-18-41(19-6-1)53-39-54(42-32-35-47(36-33-42)59(45-24-9-3-10-25-45)46-26-11-4-12-27-46)57-51-30-16-15-29-50(51)55-38-44(49-31-17-23-40-20-13-14-28-48(40)49)34-37-52(55)58(57)56(53)43-21-7-2-8-22-43/h1-39H. The molecule has 11 aromatic carbocycles. The van der Waals surface area contributed by atoms with Crippen LogP contribution < -0.4 is 4.90 Å². The molecule has 11 aromatic rings. The van der Waals surface area contributed by atoms with Crippen molar-refractivity contribution in [3.05, 3.63) is 237 Å². The minimum atomic E-state index is 1.11. The lowest BCUT2D eigenvalue weighted by Gasteiger charge is -2.26. The molecule has 0 unspecified atom stereocenters. The van der Waals surface area contributed by atoms with Crippen LogP contribution in [-0.2, 0) is 0 Å². The van der Waals surface area contributed by atoms with Crippen LogP contribution in [0.4, 0.5) is 17.1 Å². The maximum absolute atomic E-state index is 2.45. The summed E-state index contributed by atoms with van der Waals surface area (Å²) in [6, 6.07) is 86.2. The van der Waals surface area contributed by atoms with Crippen LogP contribution in [0.2, 0.25) is 0 Å². The van der Waals surface area contributed by atoms with Gasteiger partial charge in [0.05, 0.1) is 0 Å². The second kappa shape index (κ2) is 14.6. The summed E-state index contributed by atoms with van der Waals surface area (Å²) in [7, 11) is 0. The van der Waals surface area contributed by atoms with E-state index in [1.807, 2.05) is 0 Å². The molecule has 0 spiro atoms. The smallest absolute Gasteiger partial charge is 0.0462 e. The Morgan fingerprint density at radius 3 is 1.41 bits per heavy atom. The molecule has 0 aliphatic heterocycles. The van der Waals surface area contributed by atoms with E-state index in [0.29, 0.717) is 0 Å². The molecule has 1 heteroatoms. The van der Waals surface area contributed by atoms with Crippen molar-refractivity contribution in [2.24, 2.45) is 0 Å². The molecule has 0 aliphatic rings. The number of rotatable bonds is 7. The molecule has 0 aliphatic carbocycles. The number of para-hydroxylation sites is 2. The van der Waals surface area contributed by atoms with Gasteiger partial charge in [0.2, 0.25) is 0 Å². The largest absolute Gasteiger partial charge is 0.311 e. The highest BCUT2D eigenvalue weighted by Gasteiger charge is 2.22. The molecule has 1 nitrogen and oxygen atoms in total. The van der Waals surface area contributed by atoms with E-state index in [4.69, 9.17) is 0 Å². The van der Waals surface area contributed by atoms with Gasteiger partial charge < -0.3 is 4.90 Å². The first-order valence-electron chi connectivity index (χ1n) is 20.3. The van der Waals surface area contributed by atoms with Gasteiger partial charge in [0.25, 0.3) is 0 Å². The van der Waals surface area contributed by atoms with E-state index in [1.54, 1.807) is 0 Å². The molecule has 0 saturated heterocycles. The Bertz CT molecular complexity index is 3240. The quantitative estimate of drug-likeness (QED) is 0.147. The minimum absolute atomic E-state index is 1.11. The van der Waals surface area contributed by atoms with Crippen LogP contribution in [-0.4, -0.2) is 0 Å². The van der Waals surface area contributed by atoms with Crippen LogP contribution in [0.25, 0.3) is 87.6 Å². The second-order valence-electron chi connectivity index (χ2n) is 15.2. The van der Waals surface area contributed by atoms with Crippen molar-refractivity contribution in [3.8, 4) is 44.5 Å². The van der Waals surface area contributed by atoms with Crippen LogP contribution in [0.15, 0.2) is 237 Å². The van der Waals surface area contributed by atoms with Crippen molar-refractivity contribution in [1.82, 2.24) is 0 Å². The van der Waals surface area contributed by atoms with Gasteiger partial charge in [0.15, 0.2) is 0 Å². The van der Waals surface area contributed by atoms with Crippen molar-refractivity contribution >= 4 is 60.2 Å². The summed E-state index contributed by atoms with van der Waals surface area (Å²) in [5.74, 6) is 0. The monoisotopic (exact) mass is 749 g/mol. The summed E-state index contributed by atoms with van der Waals surface area (Å²) >= 11 is 0. The Hall–Kier alpha value is -7.74.